The summed E-state index contributed by atoms with van der Waals surface area (Å²) in [6.07, 6.45) is 1.59. The van der Waals surface area contributed by atoms with Crippen molar-refractivity contribution >= 4 is 28.1 Å². The molecular formula is C15H24ClN3O5S. The van der Waals surface area contributed by atoms with Crippen LogP contribution < -0.4 is 10.1 Å². The third-order valence-corrected chi connectivity index (χ3v) is 6.17. The topological polar surface area (TPSA) is 102 Å². The van der Waals surface area contributed by atoms with Gasteiger partial charge in [-0.1, -0.05) is 6.92 Å². The minimum atomic E-state index is -3.73. The molecule has 1 heterocycles. The summed E-state index contributed by atoms with van der Waals surface area (Å²) in [4.78, 5) is 10.2. The number of nitro groups is 1. The molecule has 142 valence electrons. The average molecular weight is 394 g/mol. The summed E-state index contributed by atoms with van der Waals surface area (Å²) in [6, 6.07) is 3.58. The van der Waals surface area contributed by atoms with Gasteiger partial charge in [-0.2, -0.15) is 4.31 Å². The molecule has 2 rings (SSSR count). The van der Waals surface area contributed by atoms with Crippen LogP contribution in [-0.2, 0) is 10.0 Å². The highest BCUT2D eigenvalue weighted by Crippen LogP contribution is 2.32. The zero-order valence-corrected chi connectivity index (χ0v) is 15.9. The van der Waals surface area contributed by atoms with Crippen LogP contribution in [0.4, 0.5) is 5.69 Å². The Balaban J connectivity index is 0.00000312. The summed E-state index contributed by atoms with van der Waals surface area (Å²) in [5.74, 6) is 0.467. The molecule has 1 aromatic rings. The molecule has 10 heteroatoms. The number of sulfonamides is 1. The molecule has 0 amide bonds. The molecule has 1 fully saturated rings. The van der Waals surface area contributed by atoms with Gasteiger partial charge >= 0.3 is 0 Å². The predicted molar refractivity (Wildman–Crippen MR) is 96.9 cm³/mol. The fourth-order valence-corrected chi connectivity index (χ4v) is 4.43. The molecular weight excluding hydrogens is 370 g/mol. The molecule has 1 N–H and O–H groups in total. The van der Waals surface area contributed by atoms with Gasteiger partial charge in [0.2, 0.25) is 10.0 Å². The van der Waals surface area contributed by atoms with Crippen molar-refractivity contribution in [3.8, 4) is 5.75 Å². The van der Waals surface area contributed by atoms with Crippen LogP contribution in [-0.4, -0.2) is 50.9 Å². The summed E-state index contributed by atoms with van der Waals surface area (Å²) >= 11 is 0. The molecule has 0 atom stereocenters. The van der Waals surface area contributed by atoms with Crippen molar-refractivity contribution < 1.29 is 18.1 Å². The highest BCUT2D eigenvalue weighted by Gasteiger charge is 2.32. The van der Waals surface area contributed by atoms with Gasteiger partial charge in [-0.15, -0.1) is 12.4 Å². The number of methoxy groups -OCH3 is 1. The Morgan fingerprint density at radius 2 is 2.00 bits per heavy atom. The normalized spacial score (nSPS) is 16.2. The van der Waals surface area contributed by atoms with Crippen molar-refractivity contribution in [1.82, 2.24) is 9.62 Å². The van der Waals surface area contributed by atoms with E-state index in [4.69, 9.17) is 4.74 Å². The monoisotopic (exact) mass is 393 g/mol. The molecule has 0 bridgehead atoms. The predicted octanol–water partition coefficient (Wildman–Crippen LogP) is 2.04. The molecule has 8 nitrogen and oxygen atoms in total. The molecule has 0 saturated carbocycles. The first kappa shape index (κ1) is 21.6. The van der Waals surface area contributed by atoms with Gasteiger partial charge in [0.25, 0.3) is 5.69 Å². The van der Waals surface area contributed by atoms with Gasteiger partial charge in [0, 0.05) is 19.2 Å². The van der Waals surface area contributed by atoms with Crippen LogP contribution in [0, 0.1) is 16.0 Å². The first-order valence-electron chi connectivity index (χ1n) is 7.93. The summed E-state index contributed by atoms with van der Waals surface area (Å²) in [7, 11) is -2.42. The third-order valence-electron chi connectivity index (χ3n) is 4.23. The van der Waals surface area contributed by atoms with E-state index in [-0.39, 0.29) is 28.7 Å². The van der Waals surface area contributed by atoms with Gasteiger partial charge in [-0.25, -0.2) is 8.42 Å². The zero-order valence-electron chi connectivity index (χ0n) is 14.3. The van der Waals surface area contributed by atoms with Crippen molar-refractivity contribution in [3.63, 3.8) is 0 Å². The van der Waals surface area contributed by atoms with Crippen LogP contribution in [0.25, 0.3) is 0 Å². The Labute approximate surface area is 154 Å². The lowest BCUT2D eigenvalue weighted by molar-refractivity contribution is -0.385. The number of halogens is 1. The maximum Gasteiger partial charge on any atom is 0.273 e. The minimum absolute atomic E-state index is 0. The van der Waals surface area contributed by atoms with Gasteiger partial charge in [-0.05, 0) is 37.9 Å². The quantitative estimate of drug-likeness (QED) is 0.561. The van der Waals surface area contributed by atoms with E-state index in [9.17, 15) is 18.5 Å². The minimum Gasteiger partial charge on any atom is -0.495 e. The van der Waals surface area contributed by atoms with Gasteiger partial charge in [0.05, 0.1) is 18.1 Å². The van der Waals surface area contributed by atoms with Crippen LogP contribution in [0.2, 0.25) is 0 Å². The Bertz CT molecular complexity index is 690. The van der Waals surface area contributed by atoms with Crippen molar-refractivity contribution in [2.75, 3.05) is 33.3 Å². The van der Waals surface area contributed by atoms with Gasteiger partial charge in [0.15, 0.2) is 0 Å². The lowest BCUT2D eigenvalue weighted by Crippen LogP contribution is -2.40. The second kappa shape index (κ2) is 9.33. The van der Waals surface area contributed by atoms with Crippen LogP contribution in [0.3, 0.4) is 0 Å². The number of nitrogens with one attached hydrogen (secondary N) is 1. The molecule has 1 aliphatic heterocycles. The fraction of sp³-hybridized carbons (Fsp3) is 0.600. The van der Waals surface area contributed by atoms with Crippen molar-refractivity contribution in [3.05, 3.63) is 28.3 Å². The van der Waals surface area contributed by atoms with E-state index < -0.39 is 14.9 Å². The third kappa shape index (κ3) is 5.04. The number of nitro benzene ring substituents is 1. The lowest BCUT2D eigenvalue weighted by atomic mass is 9.98. The van der Waals surface area contributed by atoms with E-state index in [1.807, 2.05) is 6.92 Å². The number of hydrogen-bond acceptors (Lipinski definition) is 6. The maximum atomic E-state index is 12.8. The Morgan fingerprint density at radius 3 is 2.52 bits per heavy atom. The molecule has 25 heavy (non-hydrogen) atoms. The van der Waals surface area contributed by atoms with Crippen molar-refractivity contribution in [2.24, 2.45) is 5.92 Å². The van der Waals surface area contributed by atoms with Crippen LogP contribution in [0.5, 0.6) is 5.75 Å². The van der Waals surface area contributed by atoms with E-state index in [1.165, 1.54) is 23.5 Å². The van der Waals surface area contributed by atoms with Gasteiger partial charge < -0.3 is 10.1 Å². The van der Waals surface area contributed by atoms with Crippen molar-refractivity contribution in [1.29, 1.82) is 0 Å². The molecule has 0 aliphatic carbocycles. The van der Waals surface area contributed by atoms with E-state index in [2.05, 4.69) is 5.32 Å². The average Bonchev–Trinajstić information content (AvgIpc) is 2.59. The lowest BCUT2D eigenvalue weighted by Gasteiger charge is -2.31. The Kier molecular flexibility index (Phi) is 8.07. The van der Waals surface area contributed by atoms with E-state index in [0.717, 1.165) is 32.0 Å². The molecule has 1 aliphatic rings. The van der Waals surface area contributed by atoms with Gasteiger partial charge in [-0.3, -0.25) is 10.1 Å². The highest BCUT2D eigenvalue weighted by atomic mass is 35.5. The van der Waals surface area contributed by atoms with Gasteiger partial charge in [0.1, 0.15) is 10.6 Å². The summed E-state index contributed by atoms with van der Waals surface area (Å²) in [6.45, 7) is 4.72. The highest BCUT2D eigenvalue weighted by molar-refractivity contribution is 7.89. The number of rotatable bonds is 7. The zero-order chi connectivity index (χ0) is 17.7. The summed E-state index contributed by atoms with van der Waals surface area (Å²) in [5, 5.41) is 14.1. The SMILES string of the molecule is CCNCC1CCN(S(=O)(=O)c2ccc([N+](=O)[O-])cc2OC)CC1.Cl. The first-order chi connectivity index (χ1) is 11.4. The molecule has 0 spiro atoms. The van der Waals surface area contributed by atoms with E-state index in [1.54, 1.807) is 0 Å². The molecule has 1 aromatic carbocycles. The number of nitrogens with zero attached hydrogens (tertiary/aromatic N) is 2. The molecule has 0 radical (unpaired) electrons. The Hall–Kier alpha value is -1.42. The second-order valence-electron chi connectivity index (χ2n) is 5.75. The van der Waals surface area contributed by atoms with Crippen LogP contribution in [0.1, 0.15) is 19.8 Å². The first-order valence-corrected chi connectivity index (χ1v) is 9.37. The van der Waals surface area contributed by atoms with Crippen LogP contribution in [0.15, 0.2) is 23.1 Å². The smallest absolute Gasteiger partial charge is 0.273 e. The van der Waals surface area contributed by atoms with Crippen LogP contribution >= 0.6 is 12.4 Å². The fourth-order valence-electron chi connectivity index (χ4n) is 2.82. The summed E-state index contributed by atoms with van der Waals surface area (Å²) in [5.41, 5.74) is -0.199. The number of non-ortho nitro benzene ring substituents is 1. The Morgan fingerprint density at radius 1 is 1.36 bits per heavy atom. The van der Waals surface area contributed by atoms with E-state index >= 15 is 0 Å². The van der Waals surface area contributed by atoms with E-state index in [0.29, 0.717) is 19.0 Å². The largest absolute Gasteiger partial charge is 0.495 e. The second-order valence-corrected chi connectivity index (χ2v) is 7.65. The molecule has 1 saturated heterocycles. The number of ether oxygens (including phenoxy) is 1. The standard InChI is InChI=1S/C15H23N3O5S.ClH/c1-3-16-11-12-6-8-17(9-7-12)24(21,22)15-5-4-13(18(19)20)10-14(15)23-2;/h4-5,10,12,16H,3,6-9,11H2,1-2H3;1H. The number of hydrogen-bond donors (Lipinski definition) is 1. The maximum absolute atomic E-state index is 12.8. The summed E-state index contributed by atoms with van der Waals surface area (Å²) < 4.78 is 32.2. The van der Waals surface area contributed by atoms with Crippen molar-refractivity contribution in [2.45, 2.75) is 24.7 Å². The molecule has 0 unspecified atom stereocenters. The number of piperidine rings is 1. The number of benzene rings is 1. The molecule has 0 aromatic heterocycles.